The molecule has 0 bridgehead atoms. The van der Waals surface area contributed by atoms with Crippen molar-refractivity contribution in [1.82, 2.24) is 10.2 Å². The Morgan fingerprint density at radius 2 is 1.69 bits per heavy atom. The van der Waals surface area contributed by atoms with E-state index < -0.39 is 12.0 Å². The number of allylic oxidation sites excluding steroid dienone is 1. The number of aliphatic imine (C=N–C) groups is 1. The molecule has 3 aromatic carbocycles. The average Bonchev–Trinajstić information content (AvgIpc) is 3.34. The van der Waals surface area contributed by atoms with Crippen molar-refractivity contribution in [2.45, 2.75) is 32.9 Å². The van der Waals surface area contributed by atoms with Crippen LogP contribution in [0, 0.1) is 0 Å². The van der Waals surface area contributed by atoms with Gasteiger partial charge in [-0.25, -0.2) is 9.79 Å². The normalized spacial score (nSPS) is 16.3. The molecule has 5 rings (SSSR count). The van der Waals surface area contributed by atoms with Crippen molar-refractivity contribution in [3.63, 3.8) is 0 Å². The summed E-state index contributed by atoms with van der Waals surface area (Å²) in [5.41, 5.74) is 3.50. The highest BCUT2D eigenvalue weighted by molar-refractivity contribution is 8.16. The van der Waals surface area contributed by atoms with Crippen LogP contribution in [0.3, 0.4) is 0 Å². The van der Waals surface area contributed by atoms with Gasteiger partial charge >= 0.3 is 5.97 Å². The minimum atomic E-state index is -0.546. The Morgan fingerprint density at radius 1 is 0.974 bits per heavy atom. The Hall–Kier alpha value is -4.30. The quantitative estimate of drug-likeness (QED) is 0.321. The fourth-order valence-electron chi connectivity index (χ4n) is 4.54. The number of para-hydroxylation sites is 1. The van der Waals surface area contributed by atoms with E-state index in [1.165, 1.54) is 11.8 Å². The number of ether oxygens (including phenoxy) is 2. The van der Waals surface area contributed by atoms with E-state index in [1.54, 1.807) is 0 Å². The standard InChI is InChI=1S/C31H29N3O4S/c1-3-32-27(35)18-24-20-39-31-33-21(2)28(30(36)37-19-22-11-6-4-7-12-22)29(34(24)31)23-13-10-16-26(17-23)38-25-14-8-5-9-15-25/h4-17,20,29H,3,18-19H2,1-2H3,(H,32,35)/t29-/m1/s1. The Bertz CT molecular complexity index is 1450. The molecule has 0 fully saturated rings. The maximum atomic E-state index is 13.6. The van der Waals surface area contributed by atoms with Crippen molar-refractivity contribution in [2.75, 3.05) is 6.54 Å². The summed E-state index contributed by atoms with van der Waals surface area (Å²) < 4.78 is 11.9. The van der Waals surface area contributed by atoms with Gasteiger partial charge in [0.25, 0.3) is 0 Å². The largest absolute Gasteiger partial charge is 0.457 e. The second-order valence-electron chi connectivity index (χ2n) is 9.07. The molecule has 0 spiro atoms. The maximum absolute atomic E-state index is 13.6. The van der Waals surface area contributed by atoms with Gasteiger partial charge in [0.1, 0.15) is 18.1 Å². The molecule has 198 valence electrons. The molecule has 8 heteroatoms. The van der Waals surface area contributed by atoms with Crippen molar-refractivity contribution in [3.05, 3.63) is 118 Å². The summed E-state index contributed by atoms with van der Waals surface area (Å²) in [5, 5.41) is 5.50. The van der Waals surface area contributed by atoms with Crippen molar-refractivity contribution in [3.8, 4) is 11.5 Å². The number of nitrogens with one attached hydrogen (secondary N) is 1. The van der Waals surface area contributed by atoms with Crippen LogP contribution in [0.25, 0.3) is 0 Å². The highest BCUT2D eigenvalue weighted by Gasteiger charge is 2.41. The fourth-order valence-corrected chi connectivity index (χ4v) is 5.51. The molecule has 3 aromatic rings. The SMILES string of the molecule is CCNC(=O)CC1=CSC2=NC(C)=C(C(=O)OCc3ccccc3)[C@@H](c3cccc(Oc4ccccc4)c3)N12. The highest BCUT2D eigenvalue weighted by atomic mass is 32.2. The molecular formula is C31H29N3O4S. The Balaban J connectivity index is 1.51. The van der Waals surface area contributed by atoms with Gasteiger partial charge in [0.2, 0.25) is 5.91 Å². The number of thioether (sulfide) groups is 1. The number of rotatable bonds is 9. The number of fused-ring (bicyclic) bond motifs is 1. The molecule has 0 aliphatic carbocycles. The van der Waals surface area contributed by atoms with E-state index in [9.17, 15) is 9.59 Å². The van der Waals surface area contributed by atoms with Crippen LogP contribution in [0.15, 0.2) is 112 Å². The first-order valence-corrected chi connectivity index (χ1v) is 13.7. The molecule has 1 atom stereocenters. The van der Waals surface area contributed by atoms with E-state index in [0.29, 0.717) is 34.5 Å². The summed E-state index contributed by atoms with van der Waals surface area (Å²) in [5.74, 6) is 0.805. The molecule has 0 unspecified atom stereocenters. The van der Waals surface area contributed by atoms with Crippen LogP contribution in [0.1, 0.15) is 37.4 Å². The van der Waals surface area contributed by atoms with Crippen LogP contribution in [0.5, 0.6) is 11.5 Å². The van der Waals surface area contributed by atoms with Gasteiger partial charge < -0.3 is 19.7 Å². The van der Waals surface area contributed by atoms with E-state index in [1.807, 2.05) is 109 Å². The number of esters is 1. The summed E-state index contributed by atoms with van der Waals surface area (Å²) in [7, 11) is 0. The van der Waals surface area contributed by atoms with Crippen LogP contribution < -0.4 is 10.1 Å². The molecule has 0 saturated carbocycles. The van der Waals surface area contributed by atoms with Crippen molar-refractivity contribution >= 4 is 28.8 Å². The Kier molecular flexibility index (Phi) is 8.13. The van der Waals surface area contributed by atoms with Gasteiger partial charge in [-0.05, 0) is 54.6 Å². The molecule has 39 heavy (non-hydrogen) atoms. The lowest BCUT2D eigenvalue weighted by molar-refractivity contribution is -0.141. The molecule has 1 amide bonds. The van der Waals surface area contributed by atoms with Crippen molar-refractivity contribution in [1.29, 1.82) is 0 Å². The predicted octanol–water partition coefficient (Wildman–Crippen LogP) is 6.32. The molecule has 0 saturated heterocycles. The van der Waals surface area contributed by atoms with Crippen LogP contribution in [-0.4, -0.2) is 28.5 Å². The van der Waals surface area contributed by atoms with Gasteiger partial charge in [-0.2, -0.15) is 0 Å². The topological polar surface area (TPSA) is 80.2 Å². The molecule has 2 aliphatic heterocycles. The Morgan fingerprint density at radius 3 is 2.44 bits per heavy atom. The number of hydrogen-bond donors (Lipinski definition) is 1. The van der Waals surface area contributed by atoms with Gasteiger partial charge in [0.05, 0.1) is 23.7 Å². The van der Waals surface area contributed by atoms with Crippen LogP contribution in [0.4, 0.5) is 0 Å². The van der Waals surface area contributed by atoms with Gasteiger partial charge in [-0.1, -0.05) is 72.4 Å². The zero-order chi connectivity index (χ0) is 27.2. The summed E-state index contributed by atoms with van der Waals surface area (Å²) in [6, 6.07) is 26.2. The van der Waals surface area contributed by atoms with Crippen LogP contribution in [-0.2, 0) is 20.9 Å². The van der Waals surface area contributed by atoms with E-state index in [2.05, 4.69) is 5.32 Å². The molecule has 0 radical (unpaired) electrons. The number of amidine groups is 1. The Labute approximate surface area is 232 Å². The number of nitrogens with zero attached hydrogens (tertiary/aromatic N) is 2. The highest BCUT2D eigenvalue weighted by Crippen LogP contribution is 2.45. The first-order chi connectivity index (χ1) is 19.0. The predicted molar refractivity (Wildman–Crippen MR) is 153 cm³/mol. The lowest BCUT2D eigenvalue weighted by Gasteiger charge is -2.36. The summed E-state index contributed by atoms with van der Waals surface area (Å²) in [4.78, 5) is 32.9. The number of benzene rings is 3. The lowest BCUT2D eigenvalue weighted by atomic mass is 9.93. The van der Waals surface area contributed by atoms with Crippen LogP contribution >= 0.6 is 11.8 Å². The van der Waals surface area contributed by atoms with Crippen LogP contribution in [0.2, 0.25) is 0 Å². The van der Waals surface area contributed by atoms with Gasteiger partial charge in [0.15, 0.2) is 5.17 Å². The number of amides is 1. The molecule has 7 nitrogen and oxygen atoms in total. The second-order valence-corrected chi connectivity index (χ2v) is 9.91. The lowest BCUT2D eigenvalue weighted by Crippen LogP contribution is -2.38. The van der Waals surface area contributed by atoms with Gasteiger partial charge in [0, 0.05) is 12.2 Å². The smallest absolute Gasteiger partial charge is 0.338 e. The van der Waals surface area contributed by atoms with E-state index in [4.69, 9.17) is 14.5 Å². The second kappa shape index (κ2) is 12.0. The minimum Gasteiger partial charge on any atom is -0.457 e. The first-order valence-electron chi connectivity index (χ1n) is 12.8. The summed E-state index contributed by atoms with van der Waals surface area (Å²) in [6.45, 7) is 4.40. The third-order valence-electron chi connectivity index (χ3n) is 6.30. The number of hydrogen-bond acceptors (Lipinski definition) is 7. The monoisotopic (exact) mass is 539 g/mol. The molecule has 0 aromatic heterocycles. The first kappa shape index (κ1) is 26.3. The van der Waals surface area contributed by atoms with E-state index in [-0.39, 0.29) is 18.9 Å². The van der Waals surface area contributed by atoms with Gasteiger partial charge in [-0.3, -0.25) is 4.79 Å². The molecule has 2 aliphatic rings. The fraction of sp³-hybridized carbons (Fsp3) is 0.194. The van der Waals surface area contributed by atoms with Crippen molar-refractivity contribution < 1.29 is 19.1 Å². The minimum absolute atomic E-state index is 0.0926. The van der Waals surface area contributed by atoms with E-state index >= 15 is 0 Å². The summed E-state index contributed by atoms with van der Waals surface area (Å²) >= 11 is 1.44. The molecular weight excluding hydrogens is 510 g/mol. The van der Waals surface area contributed by atoms with E-state index in [0.717, 1.165) is 16.8 Å². The van der Waals surface area contributed by atoms with Gasteiger partial charge in [-0.15, -0.1) is 0 Å². The third kappa shape index (κ3) is 6.07. The number of carbonyl (C=O) groups is 2. The zero-order valence-corrected chi connectivity index (χ0v) is 22.6. The third-order valence-corrected chi connectivity index (χ3v) is 7.19. The molecule has 2 heterocycles. The molecule has 1 N–H and O–H groups in total. The summed E-state index contributed by atoms with van der Waals surface area (Å²) in [6.07, 6.45) is 0.169. The zero-order valence-electron chi connectivity index (χ0n) is 21.8. The van der Waals surface area contributed by atoms with Crippen molar-refractivity contribution in [2.24, 2.45) is 4.99 Å². The maximum Gasteiger partial charge on any atom is 0.338 e. The average molecular weight is 540 g/mol. The number of carbonyl (C=O) groups excluding carboxylic acids is 2.